The molecule has 0 amide bonds. The molecule has 2 fully saturated rings. The van der Waals surface area contributed by atoms with Gasteiger partial charge in [0.2, 0.25) is 0 Å². The van der Waals surface area contributed by atoms with Gasteiger partial charge in [0.25, 0.3) is 0 Å². The SMILES string of the molecule is C=CCn1c(C2CCCCC2)nc(C2CCC2)c1N. The second kappa shape index (κ2) is 5.40. The Morgan fingerprint density at radius 3 is 2.37 bits per heavy atom. The number of nitrogen functional groups attached to an aromatic ring is 1. The minimum absolute atomic E-state index is 0.616. The van der Waals surface area contributed by atoms with Gasteiger partial charge in [-0.25, -0.2) is 4.98 Å². The van der Waals surface area contributed by atoms with Gasteiger partial charge in [0, 0.05) is 18.4 Å². The summed E-state index contributed by atoms with van der Waals surface area (Å²) < 4.78 is 2.22. The molecule has 3 heteroatoms. The third-order valence-corrected chi connectivity index (χ3v) is 4.84. The molecule has 1 aromatic rings. The fourth-order valence-corrected chi connectivity index (χ4v) is 3.48. The zero-order valence-corrected chi connectivity index (χ0v) is 11.8. The topological polar surface area (TPSA) is 43.8 Å². The van der Waals surface area contributed by atoms with E-state index in [0.717, 1.165) is 12.4 Å². The van der Waals surface area contributed by atoms with Crippen LogP contribution >= 0.6 is 0 Å². The smallest absolute Gasteiger partial charge is 0.127 e. The molecular formula is C16H25N3. The molecule has 2 N–H and O–H groups in total. The number of anilines is 1. The van der Waals surface area contributed by atoms with Crippen molar-refractivity contribution in [3.8, 4) is 0 Å². The highest BCUT2D eigenvalue weighted by molar-refractivity contribution is 5.42. The summed E-state index contributed by atoms with van der Waals surface area (Å²) in [5.74, 6) is 3.38. The summed E-state index contributed by atoms with van der Waals surface area (Å²) >= 11 is 0. The largest absolute Gasteiger partial charge is 0.384 e. The van der Waals surface area contributed by atoms with Gasteiger partial charge in [0.1, 0.15) is 11.6 Å². The summed E-state index contributed by atoms with van der Waals surface area (Å²) in [7, 11) is 0. The van der Waals surface area contributed by atoms with Crippen LogP contribution in [0.4, 0.5) is 5.82 Å². The highest BCUT2D eigenvalue weighted by Gasteiger charge is 2.29. The Morgan fingerprint density at radius 2 is 1.79 bits per heavy atom. The van der Waals surface area contributed by atoms with Crippen LogP contribution in [0.3, 0.4) is 0 Å². The van der Waals surface area contributed by atoms with Gasteiger partial charge in [0.05, 0.1) is 5.69 Å². The molecule has 0 aromatic carbocycles. The fraction of sp³-hybridized carbons (Fsp3) is 0.688. The number of nitrogens with zero attached hydrogens (tertiary/aromatic N) is 2. The van der Waals surface area contributed by atoms with Crippen molar-refractivity contribution in [2.75, 3.05) is 5.73 Å². The lowest BCUT2D eigenvalue weighted by molar-refractivity contribution is 0.406. The molecule has 3 nitrogen and oxygen atoms in total. The van der Waals surface area contributed by atoms with E-state index in [1.54, 1.807) is 0 Å². The molecule has 0 unspecified atom stereocenters. The highest BCUT2D eigenvalue weighted by Crippen LogP contribution is 2.41. The van der Waals surface area contributed by atoms with Crippen LogP contribution in [0.2, 0.25) is 0 Å². The highest BCUT2D eigenvalue weighted by atomic mass is 15.1. The quantitative estimate of drug-likeness (QED) is 0.832. The average Bonchev–Trinajstić information content (AvgIpc) is 2.68. The van der Waals surface area contributed by atoms with E-state index in [-0.39, 0.29) is 0 Å². The lowest BCUT2D eigenvalue weighted by Gasteiger charge is -2.24. The number of nitrogens with two attached hydrogens (primary N) is 1. The zero-order valence-electron chi connectivity index (χ0n) is 11.8. The molecule has 2 aliphatic carbocycles. The lowest BCUT2D eigenvalue weighted by atomic mass is 9.83. The average molecular weight is 259 g/mol. The lowest BCUT2D eigenvalue weighted by Crippen LogP contribution is -2.13. The second-order valence-corrected chi connectivity index (χ2v) is 6.10. The van der Waals surface area contributed by atoms with Crippen molar-refractivity contribution >= 4 is 5.82 Å². The van der Waals surface area contributed by atoms with Gasteiger partial charge in [-0.05, 0) is 25.7 Å². The molecule has 0 radical (unpaired) electrons. The summed E-state index contributed by atoms with van der Waals surface area (Å²) in [6, 6.07) is 0. The maximum absolute atomic E-state index is 6.36. The first-order valence-corrected chi connectivity index (χ1v) is 7.78. The van der Waals surface area contributed by atoms with E-state index in [1.807, 2.05) is 6.08 Å². The monoisotopic (exact) mass is 259 g/mol. The minimum Gasteiger partial charge on any atom is -0.384 e. The molecule has 0 aliphatic heterocycles. The molecule has 0 saturated heterocycles. The normalized spacial score (nSPS) is 21.3. The summed E-state index contributed by atoms with van der Waals surface area (Å²) in [5, 5.41) is 0. The zero-order chi connectivity index (χ0) is 13.2. The predicted molar refractivity (Wildman–Crippen MR) is 79.3 cm³/mol. The van der Waals surface area contributed by atoms with E-state index >= 15 is 0 Å². The van der Waals surface area contributed by atoms with Crippen LogP contribution in [-0.2, 0) is 6.54 Å². The molecule has 1 aromatic heterocycles. The van der Waals surface area contributed by atoms with Crippen LogP contribution in [0.5, 0.6) is 0 Å². The van der Waals surface area contributed by atoms with E-state index in [1.165, 1.54) is 62.9 Å². The summed E-state index contributed by atoms with van der Waals surface area (Å²) in [6.07, 6.45) is 12.4. The predicted octanol–water partition coefficient (Wildman–Crippen LogP) is 3.97. The first-order chi connectivity index (χ1) is 9.31. The first kappa shape index (κ1) is 12.8. The molecule has 0 spiro atoms. The molecule has 3 rings (SSSR count). The van der Waals surface area contributed by atoms with Gasteiger partial charge < -0.3 is 10.3 Å². The van der Waals surface area contributed by atoms with Crippen LogP contribution < -0.4 is 5.73 Å². The first-order valence-electron chi connectivity index (χ1n) is 7.78. The van der Waals surface area contributed by atoms with Gasteiger partial charge in [-0.3, -0.25) is 0 Å². The van der Waals surface area contributed by atoms with Crippen LogP contribution in [-0.4, -0.2) is 9.55 Å². The van der Waals surface area contributed by atoms with Crippen molar-refractivity contribution in [3.63, 3.8) is 0 Å². The Labute approximate surface area is 115 Å². The third kappa shape index (κ3) is 2.31. The van der Waals surface area contributed by atoms with Gasteiger partial charge >= 0.3 is 0 Å². The van der Waals surface area contributed by atoms with Crippen LogP contribution in [0.1, 0.15) is 74.7 Å². The van der Waals surface area contributed by atoms with Crippen molar-refractivity contribution in [2.45, 2.75) is 69.7 Å². The maximum Gasteiger partial charge on any atom is 0.127 e. The van der Waals surface area contributed by atoms with Crippen LogP contribution in [0.25, 0.3) is 0 Å². The number of imidazole rings is 1. The van der Waals surface area contributed by atoms with Crippen molar-refractivity contribution in [1.29, 1.82) is 0 Å². The summed E-state index contributed by atoms with van der Waals surface area (Å²) in [4.78, 5) is 4.96. The Hall–Kier alpha value is -1.25. The number of hydrogen-bond acceptors (Lipinski definition) is 2. The van der Waals surface area contributed by atoms with Crippen molar-refractivity contribution < 1.29 is 0 Å². The molecule has 0 atom stereocenters. The van der Waals surface area contributed by atoms with Crippen molar-refractivity contribution in [2.24, 2.45) is 0 Å². The molecule has 19 heavy (non-hydrogen) atoms. The maximum atomic E-state index is 6.36. The molecule has 0 bridgehead atoms. The number of rotatable bonds is 4. The van der Waals surface area contributed by atoms with Crippen molar-refractivity contribution in [3.05, 3.63) is 24.2 Å². The minimum atomic E-state index is 0.616. The van der Waals surface area contributed by atoms with Crippen molar-refractivity contribution in [1.82, 2.24) is 9.55 Å². The van der Waals surface area contributed by atoms with Gasteiger partial charge in [-0.1, -0.05) is 31.8 Å². The number of hydrogen-bond donors (Lipinski definition) is 1. The van der Waals surface area contributed by atoms with Gasteiger partial charge in [-0.15, -0.1) is 6.58 Å². The van der Waals surface area contributed by atoms with Crippen LogP contribution in [0.15, 0.2) is 12.7 Å². The number of aromatic nitrogens is 2. The molecule has 2 saturated carbocycles. The van der Waals surface area contributed by atoms with Gasteiger partial charge in [0.15, 0.2) is 0 Å². The Kier molecular flexibility index (Phi) is 3.63. The standard InChI is InChI=1S/C16H25N3/c1-2-11-19-15(17)14(12-9-6-10-12)18-16(19)13-7-4-3-5-8-13/h2,12-13H,1,3-11,17H2. The van der Waals surface area contributed by atoms with E-state index in [4.69, 9.17) is 10.7 Å². The van der Waals surface area contributed by atoms with Gasteiger partial charge in [-0.2, -0.15) is 0 Å². The molecular weight excluding hydrogens is 234 g/mol. The Bertz CT molecular complexity index is 451. The molecule has 1 heterocycles. The van der Waals surface area contributed by atoms with E-state index in [9.17, 15) is 0 Å². The summed E-state index contributed by atoms with van der Waals surface area (Å²) in [5.41, 5.74) is 7.53. The molecule has 2 aliphatic rings. The number of allylic oxidation sites excluding steroid dienone is 1. The molecule has 104 valence electrons. The third-order valence-electron chi connectivity index (χ3n) is 4.84. The second-order valence-electron chi connectivity index (χ2n) is 6.10. The van der Waals surface area contributed by atoms with E-state index < -0.39 is 0 Å². The summed E-state index contributed by atoms with van der Waals surface area (Å²) in [6.45, 7) is 4.67. The van der Waals surface area contributed by atoms with E-state index in [0.29, 0.717) is 11.8 Å². The Balaban J connectivity index is 1.93. The Morgan fingerprint density at radius 1 is 1.11 bits per heavy atom. The van der Waals surface area contributed by atoms with E-state index in [2.05, 4.69) is 11.1 Å². The van der Waals surface area contributed by atoms with Crippen LogP contribution in [0, 0.1) is 0 Å². The fourth-order valence-electron chi connectivity index (χ4n) is 3.48.